The van der Waals surface area contributed by atoms with Crippen molar-refractivity contribution in [1.82, 2.24) is 0 Å². The lowest BCUT2D eigenvalue weighted by Gasteiger charge is -2.17. The van der Waals surface area contributed by atoms with E-state index in [4.69, 9.17) is 0 Å². The van der Waals surface area contributed by atoms with Crippen molar-refractivity contribution in [3.05, 3.63) is 59.2 Å². The lowest BCUT2D eigenvalue weighted by molar-refractivity contribution is 0.102. The number of rotatable bonds is 3. The van der Waals surface area contributed by atoms with Gasteiger partial charge in [-0.2, -0.15) is 0 Å². The lowest BCUT2D eigenvalue weighted by Crippen LogP contribution is -2.25. The van der Waals surface area contributed by atoms with Crippen LogP contribution in [0.5, 0.6) is 0 Å². The van der Waals surface area contributed by atoms with Crippen molar-refractivity contribution in [3.8, 4) is 0 Å². The second kappa shape index (κ2) is 6.28. The van der Waals surface area contributed by atoms with Gasteiger partial charge in [0.2, 0.25) is 10.0 Å². The molecule has 1 heterocycles. The van der Waals surface area contributed by atoms with Gasteiger partial charge in [-0.25, -0.2) is 8.42 Å². The minimum atomic E-state index is -3.23. The van der Waals surface area contributed by atoms with Gasteiger partial charge >= 0.3 is 0 Å². The summed E-state index contributed by atoms with van der Waals surface area (Å²) in [6.45, 7) is 4.44. The molecule has 0 unspecified atom stereocenters. The van der Waals surface area contributed by atoms with E-state index in [-0.39, 0.29) is 11.7 Å². The lowest BCUT2D eigenvalue weighted by atomic mass is 10.1. The van der Waals surface area contributed by atoms with Crippen LogP contribution in [0.3, 0.4) is 0 Å². The largest absolute Gasteiger partial charge is 0.322 e. The summed E-state index contributed by atoms with van der Waals surface area (Å²) < 4.78 is 25.5. The van der Waals surface area contributed by atoms with Gasteiger partial charge in [-0.05, 0) is 61.7 Å². The summed E-state index contributed by atoms with van der Waals surface area (Å²) in [5.41, 5.74) is 3.94. The van der Waals surface area contributed by atoms with E-state index in [1.165, 1.54) is 4.31 Å². The molecule has 6 heteroatoms. The van der Waals surface area contributed by atoms with Crippen molar-refractivity contribution in [2.45, 2.75) is 20.3 Å². The minimum absolute atomic E-state index is 0.173. The fourth-order valence-electron chi connectivity index (χ4n) is 2.75. The number of aryl methyl sites for hydroxylation is 2. The van der Waals surface area contributed by atoms with Gasteiger partial charge in [-0.15, -0.1) is 0 Å². The van der Waals surface area contributed by atoms with Crippen molar-refractivity contribution < 1.29 is 13.2 Å². The molecule has 0 spiro atoms. The fourth-order valence-corrected chi connectivity index (χ4v) is 4.31. The Hall–Kier alpha value is -2.34. The van der Waals surface area contributed by atoms with Crippen LogP contribution in [0.1, 0.15) is 27.9 Å². The van der Waals surface area contributed by atoms with Crippen LogP contribution in [-0.2, 0) is 10.0 Å². The highest BCUT2D eigenvalue weighted by Crippen LogP contribution is 2.26. The van der Waals surface area contributed by atoms with Gasteiger partial charge in [0.15, 0.2) is 0 Å². The summed E-state index contributed by atoms with van der Waals surface area (Å²) in [5.74, 6) is -0.0359. The maximum atomic E-state index is 12.4. The molecular formula is C18H20N2O3S. The molecule has 1 N–H and O–H groups in total. The van der Waals surface area contributed by atoms with Gasteiger partial charge in [-0.3, -0.25) is 9.10 Å². The van der Waals surface area contributed by atoms with E-state index >= 15 is 0 Å². The molecule has 24 heavy (non-hydrogen) atoms. The Morgan fingerprint density at radius 1 is 1.08 bits per heavy atom. The standard InChI is InChI=1S/C18H20N2O3S/c1-13-7-8-15(11-14(13)2)18(21)19-16-5-3-6-17(12-16)20-9-4-10-24(20,22)23/h3,5-8,11-12H,4,9-10H2,1-2H3,(H,19,21). The summed E-state index contributed by atoms with van der Waals surface area (Å²) in [4.78, 5) is 12.4. The topological polar surface area (TPSA) is 66.5 Å². The molecule has 0 aliphatic carbocycles. The van der Waals surface area contributed by atoms with Crippen molar-refractivity contribution in [2.24, 2.45) is 0 Å². The number of nitrogens with zero attached hydrogens (tertiary/aromatic N) is 1. The predicted octanol–water partition coefficient (Wildman–Crippen LogP) is 3.10. The highest BCUT2D eigenvalue weighted by Gasteiger charge is 2.28. The third-order valence-electron chi connectivity index (χ3n) is 4.26. The molecule has 0 saturated carbocycles. The number of amides is 1. The molecule has 3 rings (SSSR count). The highest BCUT2D eigenvalue weighted by molar-refractivity contribution is 7.93. The predicted molar refractivity (Wildman–Crippen MR) is 96.1 cm³/mol. The van der Waals surface area contributed by atoms with E-state index < -0.39 is 10.0 Å². The Kier molecular flexibility index (Phi) is 4.32. The molecular weight excluding hydrogens is 324 g/mol. The quantitative estimate of drug-likeness (QED) is 0.930. The number of anilines is 2. The molecule has 1 amide bonds. The molecule has 5 nitrogen and oxygen atoms in total. The maximum Gasteiger partial charge on any atom is 0.255 e. The number of sulfonamides is 1. The molecule has 0 aromatic heterocycles. The zero-order chi connectivity index (χ0) is 17.3. The van der Waals surface area contributed by atoms with Gasteiger partial charge in [0, 0.05) is 17.8 Å². The number of carbonyl (C=O) groups excluding carboxylic acids is 1. The molecule has 126 valence electrons. The van der Waals surface area contributed by atoms with Crippen LogP contribution in [-0.4, -0.2) is 26.6 Å². The van der Waals surface area contributed by atoms with Gasteiger partial charge in [0.1, 0.15) is 0 Å². The van der Waals surface area contributed by atoms with E-state index in [1.807, 2.05) is 26.0 Å². The molecule has 0 bridgehead atoms. The van der Waals surface area contributed by atoms with Gasteiger partial charge in [-0.1, -0.05) is 12.1 Å². The van der Waals surface area contributed by atoms with E-state index in [1.54, 1.807) is 30.3 Å². The average molecular weight is 344 g/mol. The Bertz CT molecular complexity index is 891. The first-order valence-electron chi connectivity index (χ1n) is 7.86. The normalized spacial score (nSPS) is 16.2. The van der Waals surface area contributed by atoms with Crippen LogP contribution >= 0.6 is 0 Å². The van der Waals surface area contributed by atoms with Gasteiger partial charge < -0.3 is 5.32 Å². The second-order valence-corrected chi connectivity index (χ2v) is 8.06. The third kappa shape index (κ3) is 3.28. The molecule has 2 aromatic rings. The molecule has 0 atom stereocenters. The summed E-state index contributed by atoms with van der Waals surface area (Å²) in [6.07, 6.45) is 0.627. The van der Waals surface area contributed by atoms with Gasteiger partial charge in [0.05, 0.1) is 11.4 Å². The number of nitrogens with one attached hydrogen (secondary N) is 1. The van der Waals surface area contributed by atoms with Crippen LogP contribution in [0.25, 0.3) is 0 Å². The van der Waals surface area contributed by atoms with Crippen LogP contribution in [0.15, 0.2) is 42.5 Å². The van der Waals surface area contributed by atoms with E-state index in [0.29, 0.717) is 29.9 Å². The van der Waals surface area contributed by atoms with Crippen molar-refractivity contribution in [2.75, 3.05) is 21.9 Å². The second-order valence-electron chi connectivity index (χ2n) is 6.05. The molecule has 1 fully saturated rings. The Labute approximate surface area is 142 Å². The Morgan fingerprint density at radius 3 is 2.54 bits per heavy atom. The van der Waals surface area contributed by atoms with E-state index in [2.05, 4.69) is 5.32 Å². The average Bonchev–Trinajstić information content (AvgIpc) is 2.89. The number of carbonyl (C=O) groups is 1. The third-order valence-corrected chi connectivity index (χ3v) is 6.13. The van der Waals surface area contributed by atoms with Crippen molar-refractivity contribution >= 4 is 27.3 Å². The van der Waals surface area contributed by atoms with Crippen LogP contribution in [0, 0.1) is 13.8 Å². The first-order valence-corrected chi connectivity index (χ1v) is 9.47. The minimum Gasteiger partial charge on any atom is -0.322 e. The maximum absolute atomic E-state index is 12.4. The molecule has 1 aliphatic rings. The fraction of sp³-hybridized carbons (Fsp3) is 0.278. The Morgan fingerprint density at radius 2 is 1.88 bits per heavy atom. The molecule has 0 radical (unpaired) electrons. The SMILES string of the molecule is Cc1ccc(C(=O)Nc2cccc(N3CCCS3(=O)=O)c2)cc1C. The molecule has 2 aromatic carbocycles. The molecule has 1 saturated heterocycles. The summed E-state index contributed by atoms with van der Waals surface area (Å²) in [6, 6.07) is 12.5. The molecule has 1 aliphatic heterocycles. The number of benzene rings is 2. The van der Waals surface area contributed by atoms with Gasteiger partial charge in [0.25, 0.3) is 5.91 Å². The monoisotopic (exact) mass is 344 g/mol. The summed E-state index contributed by atoms with van der Waals surface area (Å²) >= 11 is 0. The highest BCUT2D eigenvalue weighted by atomic mass is 32.2. The van der Waals surface area contributed by atoms with Crippen molar-refractivity contribution in [3.63, 3.8) is 0 Å². The van der Waals surface area contributed by atoms with Crippen molar-refractivity contribution in [1.29, 1.82) is 0 Å². The summed E-state index contributed by atoms with van der Waals surface area (Å²) in [5, 5.41) is 2.84. The van der Waals surface area contributed by atoms with Crippen LogP contribution < -0.4 is 9.62 Å². The first-order chi connectivity index (χ1) is 11.4. The smallest absolute Gasteiger partial charge is 0.255 e. The summed E-state index contributed by atoms with van der Waals surface area (Å²) in [7, 11) is -3.23. The van der Waals surface area contributed by atoms with E-state index in [9.17, 15) is 13.2 Å². The zero-order valence-corrected chi connectivity index (χ0v) is 14.6. The van der Waals surface area contributed by atoms with Crippen LogP contribution in [0.4, 0.5) is 11.4 Å². The van der Waals surface area contributed by atoms with E-state index in [0.717, 1.165) is 11.1 Å². The first kappa shape index (κ1) is 16.5. The Balaban J connectivity index is 1.82. The zero-order valence-electron chi connectivity index (χ0n) is 13.7. The number of hydrogen-bond donors (Lipinski definition) is 1. The number of hydrogen-bond acceptors (Lipinski definition) is 3. The van der Waals surface area contributed by atoms with Crippen LogP contribution in [0.2, 0.25) is 0 Å².